The third-order valence-corrected chi connectivity index (χ3v) is 2.92. The first kappa shape index (κ1) is 11.7. The van der Waals surface area contributed by atoms with Crippen LogP contribution >= 0.6 is 0 Å². The van der Waals surface area contributed by atoms with E-state index in [0.29, 0.717) is 12.4 Å². The van der Waals surface area contributed by atoms with E-state index >= 15 is 0 Å². The molecule has 3 nitrogen and oxygen atoms in total. The number of para-hydroxylation sites is 2. The zero-order valence-electron chi connectivity index (χ0n) is 10.4. The number of fused-ring (bicyclic) bond motifs is 1. The van der Waals surface area contributed by atoms with Gasteiger partial charge in [0.2, 0.25) is 5.89 Å². The highest BCUT2D eigenvalue weighted by molar-refractivity contribution is 5.78. The molecule has 0 aliphatic heterocycles. The predicted octanol–water partition coefficient (Wildman–Crippen LogP) is 3.47. The van der Waals surface area contributed by atoms with Gasteiger partial charge in [0.1, 0.15) is 5.52 Å². The van der Waals surface area contributed by atoms with Gasteiger partial charge in [0, 0.05) is 12.1 Å². The van der Waals surface area contributed by atoms with Gasteiger partial charge in [-0.05, 0) is 23.8 Å². The van der Waals surface area contributed by atoms with Gasteiger partial charge in [0.15, 0.2) is 5.58 Å². The number of nitrogens with two attached hydrogens (primary N) is 1. The van der Waals surface area contributed by atoms with Crippen molar-refractivity contribution in [2.45, 2.75) is 0 Å². The average Bonchev–Trinajstić information content (AvgIpc) is 2.89. The molecule has 1 heterocycles. The van der Waals surface area contributed by atoms with Gasteiger partial charge in [-0.2, -0.15) is 0 Å². The third-order valence-electron chi connectivity index (χ3n) is 2.92. The zero-order chi connectivity index (χ0) is 13.1. The van der Waals surface area contributed by atoms with E-state index in [2.05, 4.69) is 4.98 Å². The molecule has 0 spiro atoms. The van der Waals surface area contributed by atoms with Gasteiger partial charge in [-0.15, -0.1) is 0 Å². The van der Waals surface area contributed by atoms with Crippen molar-refractivity contribution in [1.29, 1.82) is 0 Å². The van der Waals surface area contributed by atoms with Crippen molar-refractivity contribution in [2.24, 2.45) is 5.73 Å². The molecular weight excluding hydrogens is 236 g/mol. The molecule has 3 rings (SSSR count). The van der Waals surface area contributed by atoms with Gasteiger partial charge in [-0.3, -0.25) is 0 Å². The molecule has 0 radical (unpaired) electrons. The van der Waals surface area contributed by atoms with E-state index in [1.165, 1.54) is 0 Å². The maximum absolute atomic E-state index is 5.80. The molecule has 3 heteroatoms. The molecule has 0 unspecified atom stereocenters. The molecule has 0 atom stereocenters. The summed E-state index contributed by atoms with van der Waals surface area (Å²) in [5.74, 6) is 0.637. The minimum atomic E-state index is 0.516. The van der Waals surface area contributed by atoms with E-state index < -0.39 is 0 Å². The van der Waals surface area contributed by atoms with Crippen LogP contribution in [0, 0.1) is 0 Å². The second kappa shape index (κ2) is 5.08. The molecule has 3 aromatic rings. The number of rotatable bonds is 3. The molecule has 94 valence electrons. The monoisotopic (exact) mass is 250 g/mol. The summed E-state index contributed by atoms with van der Waals surface area (Å²) in [6, 6.07) is 15.8. The van der Waals surface area contributed by atoms with E-state index in [-0.39, 0.29) is 0 Å². The Bertz CT molecular complexity index is 695. The van der Waals surface area contributed by atoms with Gasteiger partial charge in [-0.25, -0.2) is 4.98 Å². The molecule has 2 N–H and O–H groups in total. The molecule has 0 aliphatic carbocycles. The van der Waals surface area contributed by atoms with Crippen LogP contribution in [0.1, 0.15) is 5.56 Å². The Balaban J connectivity index is 2.13. The van der Waals surface area contributed by atoms with Crippen LogP contribution in [-0.4, -0.2) is 11.5 Å². The fourth-order valence-electron chi connectivity index (χ4n) is 2.02. The fraction of sp³-hybridized carbons (Fsp3) is 0.0625. The first-order chi connectivity index (χ1) is 9.38. The van der Waals surface area contributed by atoms with Crippen LogP contribution in [0.2, 0.25) is 0 Å². The van der Waals surface area contributed by atoms with Gasteiger partial charge >= 0.3 is 0 Å². The van der Waals surface area contributed by atoms with Crippen molar-refractivity contribution in [1.82, 2.24) is 4.98 Å². The van der Waals surface area contributed by atoms with Crippen LogP contribution in [0.4, 0.5) is 0 Å². The highest BCUT2D eigenvalue weighted by Gasteiger charge is 2.09. The first-order valence-corrected chi connectivity index (χ1v) is 6.20. The maximum Gasteiger partial charge on any atom is 0.227 e. The van der Waals surface area contributed by atoms with Crippen molar-refractivity contribution in [3.63, 3.8) is 0 Å². The zero-order valence-corrected chi connectivity index (χ0v) is 10.4. The summed E-state index contributed by atoms with van der Waals surface area (Å²) in [7, 11) is 0. The summed E-state index contributed by atoms with van der Waals surface area (Å²) >= 11 is 0. The van der Waals surface area contributed by atoms with Gasteiger partial charge in [0.25, 0.3) is 0 Å². The molecular formula is C16H14N2O. The Morgan fingerprint density at radius 1 is 1.05 bits per heavy atom. The Morgan fingerprint density at radius 3 is 2.68 bits per heavy atom. The SMILES string of the molecule is NC/C=C/c1ccccc1-c1nc2ccccc2o1. The highest BCUT2D eigenvalue weighted by atomic mass is 16.3. The van der Waals surface area contributed by atoms with Gasteiger partial charge < -0.3 is 10.2 Å². The fourth-order valence-corrected chi connectivity index (χ4v) is 2.02. The lowest BCUT2D eigenvalue weighted by Crippen LogP contribution is -1.92. The summed E-state index contributed by atoms with van der Waals surface area (Å²) in [4.78, 5) is 4.52. The van der Waals surface area contributed by atoms with Crippen molar-refractivity contribution in [3.05, 3.63) is 60.2 Å². The number of oxazole rings is 1. The van der Waals surface area contributed by atoms with E-state index in [4.69, 9.17) is 10.2 Å². The lowest BCUT2D eigenvalue weighted by Gasteiger charge is -2.00. The third kappa shape index (κ3) is 2.28. The van der Waals surface area contributed by atoms with E-state index in [1.807, 2.05) is 60.7 Å². The maximum atomic E-state index is 5.80. The number of aromatic nitrogens is 1. The number of hydrogen-bond acceptors (Lipinski definition) is 3. The molecule has 0 fully saturated rings. The molecule has 0 saturated heterocycles. The van der Waals surface area contributed by atoms with Crippen molar-refractivity contribution >= 4 is 17.2 Å². The minimum Gasteiger partial charge on any atom is -0.436 e. The van der Waals surface area contributed by atoms with Crippen LogP contribution in [-0.2, 0) is 0 Å². The molecule has 0 bridgehead atoms. The minimum absolute atomic E-state index is 0.516. The summed E-state index contributed by atoms with van der Waals surface area (Å²) in [6.07, 6.45) is 3.91. The van der Waals surface area contributed by atoms with E-state index in [0.717, 1.165) is 22.2 Å². The molecule has 1 aromatic heterocycles. The van der Waals surface area contributed by atoms with E-state index in [9.17, 15) is 0 Å². The number of hydrogen-bond donors (Lipinski definition) is 1. The quantitative estimate of drug-likeness (QED) is 0.774. The summed E-state index contributed by atoms with van der Waals surface area (Å²) in [6.45, 7) is 0.516. The van der Waals surface area contributed by atoms with Crippen molar-refractivity contribution < 1.29 is 4.42 Å². The largest absolute Gasteiger partial charge is 0.436 e. The molecule has 0 saturated carbocycles. The summed E-state index contributed by atoms with van der Waals surface area (Å²) < 4.78 is 5.80. The Labute approximate surface area is 111 Å². The van der Waals surface area contributed by atoms with Crippen LogP contribution in [0.3, 0.4) is 0 Å². The Hall–Kier alpha value is -2.39. The Kier molecular flexibility index (Phi) is 3.12. The van der Waals surface area contributed by atoms with Crippen molar-refractivity contribution in [3.8, 4) is 11.5 Å². The summed E-state index contributed by atoms with van der Waals surface area (Å²) in [5.41, 5.74) is 9.20. The topological polar surface area (TPSA) is 52.0 Å². The molecule has 2 aromatic carbocycles. The molecule has 0 aliphatic rings. The van der Waals surface area contributed by atoms with Gasteiger partial charge in [-0.1, -0.05) is 42.5 Å². The number of nitrogens with zero attached hydrogens (tertiary/aromatic N) is 1. The lowest BCUT2D eigenvalue weighted by molar-refractivity contribution is 0.619. The summed E-state index contributed by atoms with van der Waals surface area (Å²) in [5, 5.41) is 0. The first-order valence-electron chi connectivity index (χ1n) is 6.20. The van der Waals surface area contributed by atoms with Crippen LogP contribution in [0.15, 0.2) is 59.0 Å². The van der Waals surface area contributed by atoms with Crippen LogP contribution < -0.4 is 5.73 Å². The lowest BCUT2D eigenvalue weighted by atomic mass is 10.1. The Morgan fingerprint density at radius 2 is 1.84 bits per heavy atom. The molecule has 0 amide bonds. The predicted molar refractivity (Wildman–Crippen MR) is 77.5 cm³/mol. The highest BCUT2D eigenvalue weighted by Crippen LogP contribution is 2.27. The second-order valence-corrected chi connectivity index (χ2v) is 4.21. The standard InChI is InChI=1S/C16H14N2O/c17-11-5-7-12-6-1-2-8-13(12)16-18-14-9-3-4-10-15(14)19-16/h1-10H,11,17H2/b7-5+. The normalized spacial score (nSPS) is 11.4. The van der Waals surface area contributed by atoms with E-state index in [1.54, 1.807) is 0 Å². The van der Waals surface area contributed by atoms with Crippen molar-refractivity contribution in [2.75, 3.05) is 6.54 Å². The average molecular weight is 250 g/mol. The second-order valence-electron chi connectivity index (χ2n) is 4.21. The van der Waals surface area contributed by atoms with Crippen LogP contribution in [0.5, 0.6) is 0 Å². The van der Waals surface area contributed by atoms with Crippen LogP contribution in [0.25, 0.3) is 28.6 Å². The number of benzene rings is 2. The smallest absolute Gasteiger partial charge is 0.227 e. The van der Waals surface area contributed by atoms with Gasteiger partial charge in [0.05, 0.1) is 0 Å². The molecule has 19 heavy (non-hydrogen) atoms.